The van der Waals surface area contributed by atoms with E-state index in [9.17, 15) is 9.59 Å². The van der Waals surface area contributed by atoms with Gasteiger partial charge in [-0.05, 0) is 12.8 Å². The maximum Gasteiger partial charge on any atom is 0.242 e. The summed E-state index contributed by atoms with van der Waals surface area (Å²) in [6, 6.07) is -0.244. The Morgan fingerprint density at radius 3 is 2.86 bits per heavy atom. The number of nitrogens with one attached hydrogen (secondary N) is 1. The lowest BCUT2D eigenvalue weighted by Crippen LogP contribution is -2.44. The van der Waals surface area contributed by atoms with Crippen molar-refractivity contribution < 1.29 is 9.59 Å². The molecule has 1 atom stereocenters. The molecule has 1 fully saturated rings. The van der Waals surface area contributed by atoms with Gasteiger partial charge in [0, 0.05) is 25.3 Å². The van der Waals surface area contributed by atoms with Crippen LogP contribution in [0, 0.1) is 0 Å². The zero-order valence-electron chi connectivity index (χ0n) is 8.25. The van der Waals surface area contributed by atoms with Crippen LogP contribution < -0.4 is 5.32 Å². The number of likely N-dealkylation sites (tertiary alicyclic amines) is 1. The topological polar surface area (TPSA) is 49.4 Å². The number of carbonyl (C=O) groups excluding carboxylic acids is 2. The number of rotatable bonds is 3. The zero-order chi connectivity index (χ0) is 10.6. The number of alkyl halides is 1. The quantitative estimate of drug-likeness (QED) is 0.754. The van der Waals surface area contributed by atoms with Gasteiger partial charge in [0.05, 0.1) is 0 Å². The number of carbonyl (C=O) groups is 2. The number of nitrogens with zero attached hydrogens (tertiary/aromatic N) is 1. The van der Waals surface area contributed by atoms with Gasteiger partial charge in [0.2, 0.25) is 11.8 Å². The van der Waals surface area contributed by atoms with Gasteiger partial charge in [-0.25, -0.2) is 0 Å². The van der Waals surface area contributed by atoms with Crippen LogP contribution in [0.3, 0.4) is 0 Å². The van der Waals surface area contributed by atoms with Crippen LogP contribution in [-0.4, -0.2) is 41.7 Å². The molecule has 14 heavy (non-hydrogen) atoms. The van der Waals surface area contributed by atoms with Gasteiger partial charge in [-0.2, -0.15) is 0 Å². The second-order valence-electron chi connectivity index (χ2n) is 3.30. The first-order valence-electron chi connectivity index (χ1n) is 4.77. The molecule has 1 rings (SSSR count). The van der Waals surface area contributed by atoms with Crippen LogP contribution in [-0.2, 0) is 9.59 Å². The molecule has 0 spiro atoms. The average Bonchev–Trinajstić information content (AvgIpc) is 2.65. The molecule has 1 aliphatic rings. The first-order valence-corrected chi connectivity index (χ1v) is 5.90. The molecule has 0 aliphatic carbocycles. The molecule has 5 heteroatoms. The van der Waals surface area contributed by atoms with Gasteiger partial charge in [-0.15, -0.1) is 0 Å². The number of hydrogen-bond acceptors (Lipinski definition) is 2. The van der Waals surface area contributed by atoms with Gasteiger partial charge < -0.3 is 10.2 Å². The molecule has 1 N–H and O–H groups in total. The van der Waals surface area contributed by atoms with Crippen molar-refractivity contribution in [2.24, 2.45) is 0 Å². The first-order chi connectivity index (χ1) is 6.70. The Morgan fingerprint density at radius 1 is 1.57 bits per heavy atom. The molecule has 1 aliphatic heterocycles. The molecule has 0 aromatic rings. The zero-order valence-corrected chi connectivity index (χ0v) is 9.84. The Balaban J connectivity index is 2.59. The molecular formula is C9H15BrN2O2. The summed E-state index contributed by atoms with van der Waals surface area (Å²) in [5.74, 6) is 0.0124. The van der Waals surface area contributed by atoms with Crippen molar-refractivity contribution in [2.75, 3.05) is 18.9 Å². The molecule has 80 valence electrons. The van der Waals surface area contributed by atoms with Gasteiger partial charge in [-0.3, -0.25) is 9.59 Å². The van der Waals surface area contributed by atoms with E-state index in [0.717, 1.165) is 12.8 Å². The van der Waals surface area contributed by atoms with E-state index < -0.39 is 0 Å². The van der Waals surface area contributed by atoms with E-state index in [4.69, 9.17) is 0 Å². The van der Waals surface area contributed by atoms with Crippen LogP contribution in [0.25, 0.3) is 0 Å². The molecule has 0 bridgehead atoms. The Labute approximate surface area is 92.2 Å². The van der Waals surface area contributed by atoms with E-state index in [0.29, 0.717) is 18.3 Å². The largest absolute Gasteiger partial charge is 0.357 e. The highest BCUT2D eigenvalue weighted by atomic mass is 79.9. The molecule has 0 aromatic carbocycles. The van der Waals surface area contributed by atoms with E-state index in [-0.39, 0.29) is 17.9 Å². The number of halogens is 1. The highest BCUT2D eigenvalue weighted by Crippen LogP contribution is 2.18. The number of amides is 2. The Bertz CT molecular complexity index is 233. The third-order valence-electron chi connectivity index (χ3n) is 2.43. The van der Waals surface area contributed by atoms with Gasteiger partial charge in [0.1, 0.15) is 6.04 Å². The van der Waals surface area contributed by atoms with E-state index in [1.54, 1.807) is 11.9 Å². The summed E-state index contributed by atoms with van der Waals surface area (Å²) < 4.78 is 0. The van der Waals surface area contributed by atoms with E-state index >= 15 is 0 Å². The Kier molecular flexibility index (Phi) is 4.38. The van der Waals surface area contributed by atoms with Crippen LogP contribution in [0.5, 0.6) is 0 Å². The Hall–Kier alpha value is -0.580. The smallest absolute Gasteiger partial charge is 0.242 e. The number of hydrogen-bond donors (Lipinski definition) is 1. The maximum atomic E-state index is 11.6. The summed E-state index contributed by atoms with van der Waals surface area (Å²) in [7, 11) is 1.60. The molecule has 0 aromatic heterocycles. The summed E-state index contributed by atoms with van der Waals surface area (Å²) in [6.45, 7) is 0.712. The second-order valence-corrected chi connectivity index (χ2v) is 4.09. The van der Waals surface area contributed by atoms with Crippen LogP contribution in [0.4, 0.5) is 0 Å². The fourth-order valence-electron chi connectivity index (χ4n) is 1.73. The fourth-order valence-corrected chi connectivity index (χ4v) is 2.07. The summed E-state index contributed by atoms with van der Waals surface area (Å²) in [6.07, 6.45) is 2.17. The second kappa shape index (κ2) is 5.34. The maximum absolute atomic E-state index is 11.6. The third kappa shape index (κ3) is 2.47. The minimum atomic E-state index is -0.244. The van der Waals surface area contributed by atoms with Crippen molar-refractivity contribution in [1.82, 2.24) is 10.2 Å². The summed E-state index contributed by atoms with van der Waals surface area (Å²) in [4.78, 5) is 24.7. The van der Waals surface area contributed by atoms with Crippen molar-refractivity contribution in [2.45, 2.75) is 25.3 Å². The summed E-state index contributed by atoms with van der Waals surface area (Å²) in [5.41, 5.74) is 0. The van der Waals surface area contributed by atoms with Gasteiger partial charge in [0.25, 0.3) is 0 Å². The van der Waals surface area contributed by atoms with Crippen LogP contribution in [0.15, 0.2) is 0 Å². The summed E-state index contributed by atoms with van der Waals surface area (Å²) in [5, 5.41) is 3.24. The first kappa shape index (κ1) is 11.5. The molecule has 1 unspecified atom stereocenters. The van der Waals surface area contributed by atoms with Crippen molar-refractivity contribution in [3.05, 3.63) is 0 Å². The fraction of sp³-hybridized carbons (Fsp3) is 0.778. The van der Waals surface area contributed by atoms with E-state index in [2.05, 4.69) is 21.2 Å². The van der Waals surface area contributed by atoms with Crippen LogP contribution in [0.2, 0.25) is 0 Å². The van der Waals surface area contributed by atoms with Gasteiger partial charge >= 0.3 is 0 Å². The van der Waals surface area contributed by atoms with E-state index in [1.807, 2.05) is 0 Å². The summed E-state index contributed by atoms with van der Waals surface area (Å²) >= 11 is 3.22. The van der Waals surface area contributed by atoms with Crippen molar-refractivity contribution in [1.29, 1.82) is 0 Å². The lowest BCUT2D eigenvalue weighted by atomic mass is 10.2. The van der Waals surface area contributed by atoms with Gasteiger partial charge in [-0.1, -0.05) is 15.9 Å². The Morgan fingerprint density at radius 2 is 2.29 bits per heavy atom. The molecule has 1 heterocycles. The van der Waals surface area contributed by atoms with Crippen molar-refractivity contribution in [3.8, 4) is 0 Å². The lowest BCUT2D eigenvalue weighted by molar-refractivity contribution is -0.137. The monoisotopic (exact) mass is 262 g/mol. The van der Waals surface area contributed by atoms with Crippen LogP contribution in [0.1, 0.15) is 19.3 Å². The minimum absolute atomic E-state index is 0.0505. The molecule has 1 saturated heterocycles. The molecule has 4 nitrogen and oxygen atoms in total. The SMILES string of the molecule is CNC(=O)C1CCCN1C(=O)CCBr. The number of likely N-dealkylation sites (N-methyl/N-ethyl adjacent to an activating group) is 1. The minimum Gasteiger partial charge on any atom is -0.357 e. The molecule has 2 amide bonds. The molecular weight excluding hydrogens is 248 g/mol. The average molecular weight is 263 g/mol. The normalized spacial score (nSPS) is 21.0. The third-order valence-corrected chi connectivity index (χ3v) is 2.83. The van der Waals surface area contributed by atoms with E-state index in [1.165, 1.54) is 0 Å². The molecule has 0 saturated carbocycles. The standard InChI is InChI=1S/C9H15BrN2O2/c1-11-9(14)7-3-2-6-12(7)8(13)4-5-10/h7H,2-6H2,1H3,(H,11,14). The highest BCUT2D eigenvalue weighted by molar-refractivity contribution is 9.09. The van der Waals surface area contributed by atoms with Crippen molar-refractivity contribution in [3.63, 3.8) is 0 Å². The predicted molar refractivity (Wildman–Crippen MR) is 57.2 cm³/mol. The lowest BCUT2D eigenvalue weighted by Gasteiger charge is -2.22. The predicted octanol–water partition coefficient (Wildman–Crippen LogP) is 0.508. The highest BCUT2D eigenvalue weighted by Gasteiger charge is 2.32. The van der Waals surface area contributed by atoms with Crippen LogP contribution >= 0.6 is 15.9 Å². The van der Waals surface area contributed by atoms with Crippen molar-refractivity contribution >= 4 is 27.7 Å². The van der Waals surface area contributed by atoms with Gasteiger partial charge in [0.15, 0.2) is 0 Å². The molecule has 0 radical (unpaired) electrons.